The smallest absolute Gasteiger partial charge is 0.405 e. The molecule has 208 valence electrons. The lowest BCUT2D eigenvalue weighted by molar-refractivity contribution is -0.120. The van der Waals surface area contributed by atoms with Crippen molar-refractivity contribution in [2.75, 3.05) is 14.2 Å². The Morgan fingerprint density at radius 2 is 1.79 bits per heavy atom. The van der Waals surface area contributed by atoms with Gasteiger partial charge >= 0.3 is 6.09 Å². The second-order valence-corrected chi connectivity index (χ2v) is 9.79. The number of primary amides is 1. The number of methoxy groups -OCH3 is 2. The number of rotatable bonds is 3. The molecule has 0 saturated carbocycles. The van der Waals surface area contributed by atoms with Crippen molar-refractivity contribution in [3.63, 3.8) is 0 Å². The van der Waals surface area contributed by atoms with Gasteiger partial charge in [-0.2, -0.15) is 0 Å². The van der Waals surface area contributed by atoms with E-state index in [1.54, 1.807) is 39.0 Å². The standard InChI is InChI=1S/C28H38N2O8/c1-15-10-19-13-20(31)14-21(25(19)33)30-27(34)16(2)8-7-9-22(36-5)26(38-28(29)35)18(4)12-17(3)24(32)23(11-15)37-6/h7-9,12-15,17,22-24,26,32H,10-11H2,1-6H3,(H2,29,35)(H,30,34)/b9-7-,16-8+,18-12+/t15-,17+,22-,23+,24-,26+/m1/s1. The number of allylic oxidation sites excluding steroid dienone is 5. The molecule has 0 aromatic carbocycles. The van der Waals surface area contributed by atoms with Crippen molar-refractivity contribution < 1.29 is 38.5 Å². The highest BCUT2D eigenvalue weighted by Gasteiger charge is 2.31. The summed E-state index contributed by atoms with van der Waals surface area (Å²) in [5.41, 5.74) is 6.35. The summed E-state index contributed by atoms with van der Waals surface area (Å²) in [6.45, 7) is 6.98. The van der Waals surface area contributed by atoms with Gasteiger partial charge in [-0.1, -0.05) is 38.2 Å². The molecule has 0 spiro atoms. The number of nitrogens with one attached hydrogen (secondary N) is 1. The lowest BCUT2D eigenvalue weighted by Crippen LogP contribution is -2.37. The van der Waals surface area contributed by atoms with Crippen LogP contribution in [0.1, 0.15) is 40.5 Å². The SMILES string of the molecule is CO[C@H]1C[C@H](C)CC2=CC(=O)C=C(NC(=O)/C(C)=C/C=C\[C@@H](OC)[C@@H](OC(N)=O)/C(C)=C/[C@H](C)[C@H]1O)C2=O. The van der Waals surface area contributed by atoms with Gasteiger partial charge in [0, 0.05) is 37.4 Å². The van der Waals surface area contributed by atoms with Gasteiger partial charge < -0.3 is 30.4 Å². The van der Waals surface area contributed by atoms with Crippen molar-refractivity contribution in [2.45, 2.75) is 65.0 Å². The van der Waals surface area contributed by atoms with Gasteiger partial charge in [0.15, 0.2) is 11.9 Å². The molecule has 1 heterocycles. The highest BCUT2D eigenvalue weighted by Crippen LogP contribution is 2.27. The Balaban J connectivity index is 2.53. The minimum Gasteiger partial charge on any atom is -0.439 e. The van der Waals surface area contributed by atoms with Crippen LogP contribution in [0, 0.1) is 11.8 Å². The molecular weight excluding hydrogens is 492 g/mol. The number of hydrogen-bond acceptors (Lipinski definition) is 8. The molecule has 10 nitrogen and oxygen atoms in total. The predicted molar refractivity (Wildman–Crippen MR) is 141 cm³/mol. The molecule has 0 saturated heterocycles. The van der Waals surface area contributed by atoms with Crippen LogP contribution in [0.2, 0.25) is 0 Å². The molecule has 2 bridgehead atoms. The highest BCUT2D eigenvalue weighted by molar-refractivity contribution is 6.21. The Morgan fingerprint density at radius 3 is 2.39 bits per heavy atom. The van der Waals surface area contributed by atoms with Crippen LogP contribution in [0.4, 0.5) is 4.79 Å². The van der Waals surface area contributed by atoms with Crippen LogP contribution in [-0.2, 0) is 28.6 Å². The van der Waals surface area contributed by atoms with Gasteiger partial charge in [-0.25, -0.2) is 4.79 Å². The first-order chi connectivity index (χ1) is 17.9. The molecule has 1 aliphatic carbocycles. The molecule has 4 N–H and O–H groups in total. The van der Waals surface area contributed by atoms with Gasteiger partial charge in [0.25, 0.3) is 5.91 Å². The Morgan fingerprint density at radius 1 is 1.11 bits per heavy atom. The zero-order chi connectivity index (χ0) is 28.6. The van der Waals surface area contributed by atoms with E-state index in [9.17, 15) is 24.3 Å². The summed E-state index contributed by atoms with van der Waals surface area (Å²) in [5, 5.41) is 13.6. The molecule has 2 rings (SSSR count). The zero-order valence-corrected chi connectivity index (χ0v) is 22.7. The van der Waals surface area contributed by atoms with E-state index in [-0.39, 0.29) is 29.2 Å². The van der Waals surface area contributed by atoms with Gasteiger partial charge in [-0.3, -0.25) is 14.4 Å². The molecule has 0 aromatic heterocycles. The summed E-state index contributed by atoms with van der Waals surface area (Å²) in [5.74, 6) is -1.93. The molecule has 0 fully saturated rings. The number of carbonyl (C=O) groups excluding carboxylic acids is 4. The van der Waals surface area contributed by atoms with Crippen molar-refractivity contribution in [3.05, 3.63) is 58.9 Å². The summed E-state index contributed by atoms with van der Waals surface area (Å²) >= 11 is 0. The van der Waals surface area contributed by atoms with Crippen molar-refractivity contribution >= 4 is 23.6 Å². The number of aliphatic hydroxyl groups excluding tert-OH is 1. The zero-order valence-electron chi connectivity index (χ0n) is 22.7. The molecular formula is C28H38N2O8. The minimum atomic E-state index is -0.993. The second-order valence-electron chi connectivity index (χ2n) is 9.79. The van der Waals surface area contributed by atoms with Gasteiger partial charge in [-0.05, 0) is 44.3 Å². The van der Waals surface area contributed by atoms with E-state index in [1.165, 1.54) is 26.4 Å². The normalized spacial score (nSPS) is 33.6. The van der Waals surface area contributed by atoms with E-state index in [0.29, 0.717) is 12.0 Å². The van der Waals surface area contributed by atoms with E-state index in [1.807, 2.05) is 6.92 Å². The topological polar surface area (TPSA) is 154 Å². The van der Waals surface area contributed by atoms with E-state index in [0.717, 1.165) is 6.08 Å². The number of amides is 2. The number of fused-ring (bicyclic) bond motifs is 2. The van der Waals surface area contributed by atoms with Crippen LogP contribution in [-0.4, -0.2) is 67.3 Å². The number of aliphatic hydroxyl groups is 1. The van der Waals surface area contributed by atoms with Gasteiger partial charge in [0.05, 0.1) is 17.9 Å². The summed E-state index contributed by atoms with van der Waals surface area (Å²) in [7, 11) is 2.92. The van der Waals surface area contributed by atoms with Crippen LogP contribution >= 0.6 is 0 Å². The van der Waals surface area contributed by atoms with Crippen LogP contribution in [0.25, 0.3) is 0 Å². The molecule has 6 atom stereocenters. The summed E-state index contributed by atoms with van der Waals surface area (Å²) in [6, 6.07) is 0. The molecule has 1 aliphatic heterocycles. The monoisotopic (exact) mass is 530 g/mol. The van der Waals surface area contributed by atoms with Gasteiger partial charge in [-0.15, -0.1) is 0 Å². The number of nitrogens with two attached hydrogens (primary N) is 1. The van der Waals surface area contributed by atoms with Crippen LogP contribution in [0.15, 0.2) is 58.9 Å². The van der Waals surface area contributed by atoms with Crippen molar-refractivity contribution in [3.8, 4) is 0 Å². The fraction of sp³-hybridized carbons (Fsp3) is 0.500. The molecule has 2 aliphatic rings. The van der Waals surface area contributed by atoms with E-state index in [4.69, 9.17) is 19.9 Å². The Labute approximate surface area is 223 Å². The lowest BCUT2D eigenvalue weighted by atomic mass is 9.86. The van der Waals surface area contributed by atoms with E-state index < -0.39 is 53.9 Å². The average Bonchev–Trinajstić information content (AvgIpc) is 2.85. The van der Waals surface area contributed by atoms with Gasteiger partial charge in [0.2, 0.25) is 5.78 Å². The molecule has 0 aromatic rings. The van der Waals surface area contributed by atoms with Crippen molar-refractivity contribution in [1.29, 1.82) is 0 Å². The average molecular weight is 531 g/mol. The number of ketones is 2. The van der Waals surface area contributed by atoms with E-state index in [2.05, 4.69) is 5.32 Å². The van der Waals surface area contributed by atoms with E-state index >= 15 is 0 Å². The summed E-state index contributed by atoms with van der Waals surface area (Å²) < 4.78 is 16.4. The Kier molecular flexibility index (Phi) is 11.4. The summed E-state index contributed by atoms with van der Waals surface area (Å²) in [4.78, 5) is 49.7. The number of ether oxygens (including phenoxy) is 3. The van der Waals surface area contributed by atoms with Gasteiger partial charge in [0.1, 0.15) is 6.10 Å². The van der Waals surface area contributed by atoms with Crippen LogP contribution < -0.4 is 11.1 Å². The Bertz CT molecular complexity index is 1080. The first kappa shape index (κ1) is 30.9. The molecule has 0 radical (unpaired) electrons. The number of Topliss-reactive ketones (excluding diaryl/α,β-unsaturated/α-hetero) is 1. The molecule has 2 amide bonds. The maximum Gasteiger partial charge on any atom is 0.405 e. The van der Waals surface area contributed by atoms with Crippen LogP contribution in [0.3, 0.4) is 0 Å². The Hall–Kier alpha value is -3.34. The third-order valence-corrected chi connectivity index (χ3v) is 6.61. The minimum absolute atomic E-state index is 0.0965. The molecule has 0 unspecified atom stereocenters. The lowest BCUT2D eigenvalue weighted by Gasteiger charge is -2.29. The molecule has 10 heteroatoms. The van der Waals surface area contributed by atoms with Crippen molar-refractivity contribution in [1.82, 2.24) is 5.32 Å². The summed E-state index contributed by atoms with van der Waals surface area (Å²) in [6.07, 6.45) is 5.27. The number of carbonyl (C=O) groups is 4. The molecule has 38 heavy (non-hydrogen) atoms. The van der Waals surface area contributed by atoms with Crippen LogP contribution in [0.5, 0.6) is 0 Å². The fourth-order valence-electron chi connectivity index (χ4n) is 4.53. The largest absolute Gasteiger partial charge is 0.439 e. The fourth-order valence-corrected chi connectivity index (χ4v) is 4.53. The third kappa shape index (κ3) is 8.34. The maximum absolute atomic E-state index is 13.0. The predicted octanol–water partition coefficient (Wildman–Crippen LogP) is 2.43. The second kappa shape index (κ2) is 14.0. The first-order valence-corrected chi connectivity index (χ1v) is 12.4. The third-order valence-electron chi connectivity index (χ3n) is 6.61. The number of hydrogen-bond donors (Lipinski definition) is 3. The van der Waals surface area contributed by atoms with Crippen molar-refractivity contribution in [2.24, 2.45) is 17.6 Å². The first-order valence-electron chi connectivity index (χ1n) is 12.4. The maximum atomic E-state index is 13.0. The quantitative estimate of drug-likeness (QED) is 0.371. The highest BCUT2D eigenvalue weighted by atomic mass is 16.6.